The van der Waals surface area contributed by atoms with E-state index in [0.29, 0.717) is 50.8 Å². The van der Waals surface area contributed by atoms with Crippen LogP contribution in [-0.2, 0) is 29.1 Å². The Morgan fingerprint density at radius 3 is 2.41 bits per heavy atom. The Bertz CT molecular complexity index is 2140. The third kappa shape index (κ3) is 9.88. The molecule has 4 amide bonds. The molecule has 61 heavy (non-hydrogen) atoms. The third-order valence-electron chi connectivity index (χ3n) is 12.6. The van der Waals surface area contributed by atoms with Crippen molar-refractivity contribution in [3.8, 4) is 11.6 Å². The second kappa shape index (κ2) is 18.0. The number of nitrogens with one attached hydrogen (secondary N) is 3. The Labute approximate surface area is 360 Å². The minimum Gasteiger partial charge on any atom is -0.496 e. The molecule has 0 unspecified atom stereocenters. The van der Waals surface area contributed by atoms with Crippen molar-refractivity contribution >= 4 is 44.6 Å². The van der Waals surface area contributed by atoms with Crippen LogP contribution in [0.5, 0.6) is 11.6 Å². The van der Waals surface area contributed by atoms with Crippen molar-refractivity contribution < 1.29 is 59.3 Å². The highest BCUT2D eigenvalue weighted by atomic mass is 32.2. The van der Waals surface area contributed by atoms with Gasteiger partial charge in [-0.05, 0) is 82.8 Å². The largest absolute Gasteiger partial charge is 0.496 e. The zero-order valence-corrected chi connectivity index (χ0v) is 37.2. The summed E-state index contributed by atoms with van der Waals surface area (Å²) in [6.45, 7) is 11.9. The summed E-state index contributed by atoms with van der Waals surface area (Å²) in [6, 6.07) is 1.32. The molecule has 3 heterocycles. The van der Waals surface area contributed by atoms with Crippen molar-refractivity contribution in [3.05, 3.63) is 42.4 Å². The van der Waals surface area contributed by atoms with Crippen LogP contribution in [0.25, 0.3) is 10.8 Å². The molecule has 3 N–H and O–H groups in total. The lowest BCUT2D eigenvalue weighted by molar-refractivity contribution is -0.152. The zero-order valence-electron chi connectivity index (χ0n) is 36.4. The molecule has 18 heteroatoms. The first kappa shape index (κ1) is 47.4. The maximum Gasteiger partial charge on any atom is 0.408 e. The Morgan fingerprint density at radius 1 is 1.10 bits per heavy atom. The van der Waals surface area contributed by atoms with Gasteiger partial charge < -0.3 is 29.7 Å². The predicted octanol–water partition coefficient (Wildman–Crippen LogP) is 7.30. The van der Waals surface area contributed by atoms with Crippen LogP contribution in [0.1, 0.15) is 111 Å². The fourth-order valence-electron chi connectivity index (χ4n) is 8.18. The van der Waals surface area contributed by atoms with Crippen LogP contribution in [-0.4, -0.2) is 95.8 Å². The molecule has 1 aromatic heterocycles. The van der Waals surface area contributed by atoms with E-state index in [1.54, 1.807) is 26.0 Å². The molecule has 0 bridgehead atoms. The van der Waals surface area contributed by atoms with Gasteiger partial charge in [0.2, 0.25) is 27.7 Å². The molecule has 1 aromatic carbocycles. The average Bonchev–Trinajstić information content (AvgIpc) is 4.09. The number of alkyl halides is 2. The number of carbonyl (C=O) groups excluding carboxylic acids is 4. The van der Waals surface area contributed by atoms with Gasteiger partial charge in [0.15, 0.2) is 5.60 Å². The lowest BCUT2D eigenvalue weighted by Crippen LogP contribution is -2.60. The number of benzene rings is 1. The summed E-state index contributed by atoms with van der Waals surface area (Å²) in [7, 11) is -2.71. The van der Waals surface area contributed by atoms with Crippen LogP contribution >= 0.6 is 0 Å². The lowest BCUT2D eigenvalue weighted by Gasteiger charge is -2.35. The highest BCUT2D eigenvalue weighted by molar-refractivity contribution is 7.91. The molecule has 2 aromatic rings. The molecule has 0 spiro atoms. The number of allylic oxidation sites excluding steroid dienone is 1. The topological polar surface area (TPSA) is 182 Å². The van der Waals surface area contributed by atoms with Crippen molar-refractivity contribution in [1.82, 2.24) is 25.2 Å². The molecule has 7 atom stereocenters. The molecular formula is C43H66F3N5O9S. The first-order valence-electron chi connectivity index (χ1n) is 21.1. The number of pyridine rings is 1. The summed E-state index contributed by atoms with van der Waals surface area (Å²) in [6.07, 6.45) is 5.55. The minimum absolute atomic E-state index is 0. The SMILES string of the molecule is CC.CCC1(S(=O)(=O)NC(=O)[C@@]23C[C@H]2/C=C\CC[C@@H](C)C[C@@H](C)[C@H](NC(=O)OC(C)(C)C(C)(F)F)C(=O)N2C[C@H](Oc4nccc5c(OC)cc(F)cc45)C[C@H]2C(=O)N3)CC1.[HH].[HH].[HH]. The van der Waals surface area contributed by atoms with Gasteiger partial charge in [-0.15, -0.1) is 0 Å². The molecule has 3 fully saturated rings. The van der Waals surface area contributed by atoms with Crippen molar-refractivity contribution in [3.63, 3.8) is 0 Å². The molecule has 2 aliphatic heterocycles. The van der Waals surface area contributed by atoms with Gasteiger partial charge in [0.05, 0.1) is 23.8 Å². The van der Waals surface area contributed by atoms with Gasteiger partial charge in [0.1, 0.15) is 35.3 Å². The van der Waals surface area contributed by atoms with Gasteiger partial charge >= 0.3 is 6.09 Å². The molecule has 0 radical (unpaired) electrons. The Balaban J connectivity index is 0.00000278. The Kier molecular flexibility index (Phi) is 14.0. The van der Waals surface area contributed by atoms with Gasteiger partial charge in [-0.1, -0.05) is 46.8 Å². The quantitative estimate of drug-likeness (QED) is 0.205. The number of alkyl carbamates (subject to hydrolysis) is 1. The molecule has 14 nitrogen and oxygen atoms in total. The van der Waals surface area contributed by atoms with E-state index in [2.05, 4.69) is 20.3 Å². The van der Waals surface area contributed by atoms with E-state index < -0.39 is 91.5 Å². The van der Waals surface area contributed by atoms with Crippen molar-refractivity contribution in [2.24, 2.45) is 17.8 Å². The van der Waals surface area contributed by atoms with Crippen molar-refractivity contribution in [2.45, 2.75) is 147 Å². The van der Waals surface area contributed by atoms with Gasteiger partial charge in [0, 0.05) is 41.2 Å². The van der Waals surface area contributed by atoms with E-state index in [1.165, 1.54) is 30.3 Å². The van der Waals surface area contributed by atoms with Crippen molar-refractivity contribution in [1.29, 1.82) is 0 Å². The van der Waals surface area contributed by atoms with Crippen LogP contribution < -0.4 is 24.8 Å². The Hall–Kier alpha value is -4.61. The van der Waals surface area contributed by atoms with Crippen LogP contribution in [0.2, 0.25) is 0 Å². The molecule has 4 aliphatic rings. The molecule has 2 aliphatic carbocycles. The van der Waals surface area contributed by atoms with E-state index >= 15 is 0 Å². The number of nitrogens with zero attached hydrogens (tertiary/aromatic N) is 2. The number of ether oxygens (including phenoxy) is 3. The van der Waals surface area contributed by atoms with E-state index in [1.807, 2.05) is 26.8 Å². The number of carbonyl (C=O) groups is 4. The Morgan fingerprint density at radius 2 is 1.79 bits per heavy atom. The second-order valence-electron chi connectivity index (χ2n) is 17.3. The number of hydrogen-bond donors (Lipinski definition) is 3. The third-order valence-corrected chi connectivity index (χ3v) is 14.9. The summed E-state index contributed by atoms with van der Waals surface area (Å²) >= 11 is 0. The summed E-state index contributed by atoms with van der Waals surface area (Å²) < 4.78 is 88.4. The fraction of sp³-hybridized carbons (Fsp3) is 0.651. The van der Waals surface area contributed by atoms with Crippen LogP contribution in [0.3, 0.4) is 0 Å². The number of aromatic nitrogens is 1. The van der Waals surface area contributed by atoms with E-state index in [-0.39, 0.29) is 46.6 Å². The summed E-state index contributed by atoms with van der Waals surface area (Å²) in [5, 5.41) is 6.07. The summed E-state index contributed by atoms with van der Waals surface area (Å²) in [5.74, 6) is -7.42. The molecule has 1 saturated heterocycles. The van der Waals surface area contributed by atoms with E-state index in [4.69, 9.17) is 14.2 Å². The average molecular weight is 886 g/mol. The van der Waals surface area contributed by atoms with Gasteiger partial charge in [-0.2, -0.15) is 0 Å². The number of rotatable bonds is 10. The van der Waals surface area contributed by atoms with E-state index in [0.717, 1.165) is 13.8 Å². The van der Waals surface area contributed by atoms with Crippen LogP contribution in [0.4, 0.5) is 18.0 Å². The molecule has 6 rings (SSSR count). The van der Waals surface area contributed by atoms with Gasteiger partial charge in [-0.25, -0.2) is 31.4 Å². The normalized spacial score (nSPS) is 28.3. The number of amides is 4. The summed E-state index contributed by atoms with van der Waals surface area (Å²) in [5.41, 5.74) is -3.90. The molecular weight excluding hydrogens is 820 g/mol. The first-order chi connectivity index (χ1) is 28.6. The monoisotopic (exact) mass is 885 g/mol. The fourth-order valence-corrected chi connectivity index (χ4v) is 9.84. The van der Waals surface area contributed by atoms with Gasteiger partial charge in [-0.3, -0.25) is 19.1 Å². The number of sulfonamides is 1. The number of hydrogen-bond acceptors (Lipinski definition) is 10. The van der Waals surface area contributed by atoms with Crippen molar-refractivity contribution in [2.75, 3.05) is 13.7 Å². The maximum atomic E-state index is 14.8. The zero-order chi connectivity index (χ0) is 45.3. The highest BCUT2D eigenvalue weighted by Gasteiger charge is 2.63. The molecule has 2 saturated carbocycles. The number of fused-ring (bicyclic) bond motifs is 3. The molecule has 344 valence electrons. The standard InChI is InChI=1S/C41H54F3N5O9S.C2H6.3H2/c1-8-40(14-15-40)59(54,55)48-36(52)41-21-25(41)12-10-9-11-23(2)17-24(3)32(46-37(53)58-38(4,5)39(6,43)44)35(51)49-22-27(20-30(49)33(50)47-41)57-34-29-18-26(42)19-31(56-7)28(29)13-16-45-34;1-2;;;/h10,12-13,16,18-19,23-25,27,30,32H,8-9,11,14-15,17,20-22H2,1-7H3,(H,46,53)(H,47,50)(H,48,52);1-2H3;3*1H/b12-10-;;;;/t23-,24-,25-,27-,30+,32+,41-;;;;/m1..../s1. The smallest absolute Gasteiger partial charge is 0.408 e. The predicted molar refractivity (Wildman–Crippen MR) is 228 cm³/mol. The summed E-state index contributed by atoms with van der Waals surface area (Å²) in [4.78, 5) is 62.2. The number of methoxy groups -OCH3 is 1. The maximum absolute atomic E-state index is 14.8. The lowest BCUT2D eigenvalue weighted by atomic mass is 9.88. The first-order valence-corrected chi connectivity index (χ1v) is 22.6. The minimum atomic E-state index is -4.09. The highest BCUT2D eigenvalue weighted by Crippen LogP contribution is 2.49. The van der Waals surface area contributed by atoms with Crippen LogP contribution in [0.15, 0.2) is 36.5 Å². The van der Waals surface area contributed by atoms with Crippen LogP contribution in [0, 0.1) is 23.6 Å². The second-order valence-corrected chi connectivity index (χ2v) is 19.4. The van der Waals surface area contributed by atoms with Gasteiger partial charge in [0.25, 0.3) is 11.8 Å². The van der Waals surface area contributed by atoms with E-state index in [9.17, 15) is 40.8 Å². The number of halogens is 3.